The van der Waals surface area contributed by atoms with Gasteiger partial charge in [0.05, 0.1) is 5.92 Å². The van der Waals surface area contributed by atoms with Crippen molar-refractivity contribution in [2.75, 3.05) is 0 Å². The number of hydrogen-bond acceptors (Lipinski definition) is 1. The zero-order valence-corrected chi connectivity index (χ0v) is 12.4. The van der Waals surface area contributed by atoms with Crippen molar-refractivity contribution in [2.45, 2.75) is 9.15 Å². The third-order valence-electron chi connectivity index (χ3n) is 2.56. The van der Waals surface area contributed by atoms with Crippen molar-refractivity contribution in [2.24, 2.45) is 5.92 Å². The Balaban J connectivity index is 2.37. The highest BCUT2D eigenvalue weighted by molar-refractivity contribution is 9.25. The molecule has 1 aromatic rings. The van der Waals surface area contributed by atoms with Crippen LogP contribution in [0.4, 0.5) is 0 Å². The van der Waals surface area contributed by atoms with Gasteiger partial charge in [-0.15, -0.1) is 0 Å². The lowest BCUT2D eigenvalue weighted by atomic mass is 10.1. The maximum absolute atomic E-state index is 11.0. The summed E-state index contributed by atoms with van der Waals surface area (Å²) in [5.41, 5.74) is 0.818. The van der Waals surface area contributed by atoms with Crippen LogP contribution in [-0.4, -0.2) is 14.3 Å². The number of aliphatic carboxylic acids is 1. The molecule has 0 spiro atoms. The van der Waals surface area contributed by atoms with Gasteiger partial charge < -0.3 is 5.11 Å². The van der Waals surface area contributed by atoms with Gasteiger partial charge in [0.15, 0.2) is 0 Å². The minimum atomic E-state index is -0.852. The van der Waals surface area contributed by atoms with E-state index in [1.54, 1.807) is 18.2 Å². The Hall–Kier alpha value is 0.230. The summed E-state index contributed by atoms with van der Waals surface area (Å²) in [6.45, 7) is 0. The predicted octanol–water partition coefficient (Wildman–Crippen LogP) is 4.28. The molecule has 2 atom stereocenters. The average molecular weight is 389 g/mol. The van der Waals surface area contributed by atoms with Crippen molar-refractivity contribution in [3.05, 3.63) is 33.8 Å². The highest BCUT2D eigenvalue weighted by Crippen LogP contribution is 2.67. The second-order valence-corrected chi connectivity index (χ2v) is 8.23. The first-order valence-corrected chi connectivity index (χ1v) is 6.75. The van der Waals surface area contributed by atoms with E-state index in [0.29, 0.717) is 10.0 Å². The van der Waals surface area contributed by atoms with Crippen LogP contribution >= 0.6 is 55.1 Å². The van der Waals surface area contributed by atoms with Crippen LogP contribution < -0.4 is 0 Å². The zero-order chi connectivity index (χ0) is 12.1. The Morgan fingerprint density at radius 2 is 1.75 bits per heavy atom. The van der Waals surface area contributed by atoms with E-state index in [4.69, 9.17) is 28.3 Å². The van der Waals surface area contributed by atoms with E-state index in [9.17, 15) is 4.79 Å². The molecule has 1 saturated carbocycles. The fraction of sp³-hybridized carbons (Fsp3) is 0.300. The van der Waals surface area contributed by atoms with Gasteiger partial charge in [-0.25, -0.2) is 0 Å². The van der Waals surface area contributed by atoms with Crippen LogP contribution in [0.1, 0.15) is 11.5 Å². The molecule has 1 aliphatic carbocycles. The topological polar surface area (TPSA) is 37.3 Å². The molecular weight excluding hydrogens is 383 g/mol. The Kier molecular flexibility index (Phi) is 3.30. The van der Waals surface area contributed by atoms with Gasteiger partial charge in [-0.05, 0) is 23.8 Å². The number of carbonyl (C=O) groups is 1. The van der Waals surface area contributed by atoms with Crippen LogP contribution in [0.25, 0.3) is 0 Å². The lowest BCUT2D eigenvalue weighted by molar-refractivity contribution is -0.138. The van der Waals surface area contributed by atoms with Gasteiger partial charge in [0.1, 0.15) is 3.23 Å². The number of hydrogen-bond donors (Lipinski definition) is 1. The van der Waals surface area contributed by atoms with Crippen molar-refractivity contribution >= 4 is 61.0 Å². The van der Waals surface area contributed by atoms with Crippen molar-refractivity contribution < 1.29 is 9.90 Å². The summed E-state index contributed by atoms with van der Waals surface area (Å²) in [5, 5.41) is 10.1. The highest BCUT2D eigenvalue weighted by atomic mass is 79.9. The normalized spacial score (nSPS) is 26.5. The van der Waals surface area contributed by atoms with E-state index >= 15 is 0 Å². The molecule has 1 N–H and O–H groups in total. The van der Waals surface area contributed by atoms with Gasteiger partial charge >= 0.3 is 5.97 Å². The largest absolute Gasteiger partial charge is 0.481 e. The molecule has 2 rings (SSSR count). The van der Waals surface area contributed by atoms with E-state index in [1.807, 2.05) is 0 Å². The molecule has 1 fully saturated rings. The molecule has 6 heteroatoms. The molecule has 0 aliphatic heterocycles. The molecule has 0 aromatic heterocycles. The minimum absolute atomic E-state index is 0.166. The number of carboxylic acids is 1. The van der Waals surface area contributed by atoms with Crippen LogP contribution in [0.2, 0.25) is 10.0 Å². The Morgan fingerprint density at radius 1 is 1.25 bits per heavy atom. The van der Waals surface area contributed by atoms with E-state index in [0.717, 1.165) is 5.56 Å². The van der Waals surface area contributed by atoms with Crippen LogP contribution in [0.15, 0.2) is 18.2 Å². The molecule has 0 unspecified atom stereocenters. The van der Waals surface area contributed by atoms with E-state index in [2.05, 4.69) is 31.9 Å². The second-order valence-electron chi connectivity index (χ2n) is 3.67. The quantitative estimate of drug-likeness (QED) is 0.768. The molecule has 2 nitrogen and oxygen atoms in total. The fourth-order valence-corrected chi connectivity index (χ4v) is 4.06. The summed E-state index contributed by atoms with van der Waals surface area (Å²) in [7, 11) is 0. The molecule has 1 aliphatic rings. The molecule has 1 aromatic carbocycles. The van der Waals surface area contributed by atoms with Gasteiger partial charge in [-0.2, -0.15) is 0 Å². The molecule has 0 saturated heterocycles. The van der Waals surface area contributed by atoms with Gasteiger partial charge in [0.25, 0.3) is 0 Å². The smallest absolute Gasteiger partial charge is 0.309 e. The van der Waals surface area contributed by atoms with Gasteiger partial charge in [0.2, 0.25) is 0 Å². The van der Waals surface area contributed by atoms with Crippen molar-refractivity contribution in [1.82, 2.24) is 0 Å². The number of halogens is 4. The van der Waals surface area contributed by atoms with Crippen LogP contribution in [0.3, 0.4) is 0 Å². The number of benzene rings is 1. The Labute approximate surface area is 119 Å². The number of carboxylic acid groups (broad SMARTS) is 1. The summed E-state index contributed by atoms with van der Waals surface area (Å²) in [5.74, 6) is -1.53. The molecular formula is C10H6Br2Cl2O2. The first kappa shape index (κ1) is 12.7. The van der Waals surface area contributed by atoms with Crippen molar-refractivity contribution in [3.8, 4) is 0 Å². The van der Waals surface area contributed by atoms with Crippen molar-refractivity contribution in [1.29, 1.82) is 0 Å². The molecule has 16 heavy (non-hydrogen) atoms. The zero-order valence-electron chi connectivity index (χ0n) is 7.75. The van der Waals surface area contributed by atoms with Gasteiger partial charge in [-0.3, -0.25) is 4.79 Å². The summed E-state index contributed by atoms with van der Waals surface area (Å²) in [4.78, 5) is 11.0. The molecule has 0 radical (unpaired) electrons. The number of rotatable bonds is 2. The average Bonchev–Trinajstić information content (AvgIpc) is 2.67. The first-order valence-electron chi connectivity index (χ1n) is 4.40. The van der Waals surface area contributed by atoms with Crippen LogP contribution in [0.5, 0.6) is 0 Å². The highest BCUT2D eigenvalue weighted by Gasteiger charge is 2.66. The SMILES string of the molecule is O=C(O)[C@@H]1[C@@H](c2cc(Cl)cc(Cl)c2)C1(Br)Br. The van der Waals surface area contributed by atoms with E-state index in [-0.39, 0.29) is 5.92 Å². The standard InChI is InChI=1S/C10H6Br2Cl2O2/c11-10(12)7(8(10)9(15)16)4-1-5(13)3-6(14)2-4/h1-3,7-8H,(H,15,16)/t7-,8+/m1/s1. The summed E-state index contributed by atoms with van der Waals surface area (Å²) in [6, 6.07) is 5.09. The maximum atomic E-state index is 11.0. The minimum Gasteiger partial charge on any atom is -0.481 e. The molecule has 0 amide bonds. The fourth-order valence-electron chi connectivity index (χ4n) is 1.80. The maximum Gasteiger partial charge on any atom is 0.309 e. The number of alkyl halides is 2. The Morgan fingerprint density at radius 3 is 2.12 bits per heavy atom. The molecule has 86 valence electrons. The van der Waals surface area contributed by atoms with Crippen LogP contribution in [0, 0.1) is 5.92 Å². The summed E-state index contributed by atoms with van der Waals surface area (Å²) >= 11 is 18.5. The van der Waals surface area contributed by atoms with Crippen LogP contribution in [-0.2, 0) is 4.79 Å². The van der Waals surface area contributed by atoms with E-state index in [1.165, 1.54) is 0 Å². The van der Waals surface area contributed by atoms with Crippen molar-refractivity contribution in [3.63, 3.8) is 0 Å². The first-order chi connectivity index (χ1) is 7.34. The second kappa shape index (κ2) is 4.16. The lowest BCUT2D eigenvalue weighted by Crippen LogP contribution is -2.02. The van der Waals surface area contributed by atoms with Gasteiger partial charge in [0, 0.05) is 16.0 Å². The van der Waals surface area contributed by atoms with E-state index < -0.39 is 15.1 Å². The third kappa shape index (κ3) is 2.13. The lowest BCUT2D eigenvalue weighted by Gasteiger charge is -2.02. The predicted molar refractivity (Wildman–Crippen MR) is 70.9 cm³/mol. The summed E-state index contributed by atoms with van der Waals surface area (Å²) < 4.78 is -0.597. The van der Waals surface area contributed by atoms with Gasteiger partial charge in [-0.1, -0.05) is 55.1 Å². The molecule has 0 bridgehead atoms. The monoisotopic (exact) mass is 386 g/mol. The summed E-state index contributed by atoms with van der Waals surface area (Å²) in [6.07, 6.45) is 0. The Bertz CT molecular complexity index is 442. The molecule has 0 heterocycles. The third-order valence-corrected chi connectivity index (χ3v) is 4.97.